The predicted octanol–water partition coefficient (Wildman–Crippen LogP) is 2.06. The van der Waals surface area contributed by atoms with E-state index in [0.29, 0.717) is 18.7 Å². The van der Waals surface area contributed by atoms with Crippen molar-refractivity contribution in [1.82, 2.24) is 10.0 Å². The summed E-state index contributed by atoms with van der Waals surface area (Å²) in [6.07, 6.45) is 1.64. The lowest BCUT2D eigenvalue weighted by Crippen LogP contribution is -2.39. The van der Waals surface area contributed by atoms with Crippen molar-refractivity contribution >= 4 is 5.78 Å². The summed E-state index contributed by atoms with van der Waals surface area (Å²) < 4.78 is 0. The van der Waals surface area contributed by atoms with E-state index in [2.05, 4.69) is 11.6 Å². The second-order valence-corrected chi connectivity index (χ2v) is 3.32. The van der Waals surface area contributed by atoms with Crippen LogP contribution in [0.15, 0.2) is 12.3 Å². The third-order valence-corrected chi connectivity index (χ3v) is 2.08. The quantitative estimate of drug-likeness (QED) is 0.644. The van der Waals surface area contributed by atoms with Gasteiger partial charge >= 0.3 is 0 Å². The molecule has 1 fully saturated rings. The molecule has 3 nitrogen and oxygen atoms in total. The normalized spacial score (nSPS) is 18.3. The minimum Gasteiger partial charge on any atom is -0.311 e. The van der Waals surface area contributed by atoms with Gasteiger partial charge in [-0.2, -0.15) is 0 Å². The predicted molar refractivity (Wildman–Crippen MR) is 59.7 cm³/mol. The molecule has 0 saturated carbocycles. The number of nitrogens with zero attached hydrogens (tertiary/aromatic N) is 2. The summed E-state index contributed by atoms with van der Waals surface area (Å²) in [6.45, 7) is 11.3. The molecule has 0 bridgehead atoms. The van der Waals surface area contributed by atoms with E-state index in [1.807, 2.05) is 32.8 Å². The van der Waals surface area contributed by atoms with Crippen LogP contribution < -0.4 is 0 Å². The van der Waals surface area contributed by atoms with Gasteiger partial charge < -0.3 is 5.01 Å². The third kappa shape index (κ3) is 3.92. The van der Waals surface area contributed by atoms with E-state index >= 15 is 0 Å². The van der Waals surface area contributed by atoms with E-state index in [1.54, 1.807) is 0 Å². The van der Waals surface area contributed by atoms with Crippen molar-refractivity contribution in [3.8, 4) is 0 Å². The van der Waals surface area contributed by atoms with Gasteiger partial charge in [-0.1, -0.05) is 20.4 Å². The molecule has 1 heterocycles. The van der Waals surface area contributed by atoms with Crippen LogP contribution in [0.3, 0.4) is 0 Å². The number of hydrogen-bond donors (Lipinski definition) is 0. The number of carbonyl (C=O) groups is 1. The summed E-state index contributed by atoms with van der Waals surface area (Å²) in [4.78, 5) is 11.2. The van der Waals surface area contributed by atoms with Gasteiger partial charge in [0.15, 0.2) is 0 Å². The monoisotopic (exact) mass is 198 g/mol. The van der Waals surface area contributed by atoms with Gasteiger partial charge in [0.1, 0.15) is 5.78 Å². The molecule has 0 aliphatic carbocycles. The highest BCUT2D eigenvalue weighted by atomic mass is 16.1. The molecule has 0 aromatic rings. The molecule has 0 amide bonds. The van der Waals surface area contributed by atoms with Crippen molar-refractivity contribution in [3.05, 3.63) is 12.3 Å². The van der Waals surface area contributed by atoms with Gasteiger partial charge in [0.05, 0.1) is 6.54 Å². The Bertz CT molecular complexity index is 201. The highest BCUT2D eigenvalue weighted by molar-refractivity contribution is 5.80. The molecule has 0 aromatic carbocycles. The Morgan fingerprint density at radius 2 is 2.00 bits per heavy atom. The van der Waals surface area contributed by atoms with E-state index in [1.165, 1.54) is 0 Å². The maximum absolute atomic E-state index is 11.2. The maximum atomic E-state index is 11.2. The number of ketones is 1. The van der Waals surface area contributed by atoms with E-state index < -0.39 is 0 Å². The first-order valence-corrected chi connectivity index (χ1v) is 5.27. The minimum absolute atomic E-state index is 0.321. The number of Topliss-reactive ketones (excluding diaryl/α,β-unsaturated/α-hetero) is 1. The van der Waals surface area contributed by atoms with Gasteiger partial charge in [-0.05, 0) is 13.3 Å². The van der Waals surface area contributed by atoms with Crippen LogP contribution in [0.4, 0.5) is 0 Å². The summed E-state index contributed by atoms with van der Waals surface area (Å²) in [5.41, 5.74) is 1.01. The number of likely N-dealkylation sites (N-methyl/N-ethyl adjacent to an activating group) is 1. The number of carbonyl (C=O) groups excluding carboxylic acids is 1. The molecule has 14 heavy (non-hydrogen) atoms. The van der Waals surface area contributed by atoms with Crippen LogP contribution in [-0.2, 0) is 4.79 Å². The van der Waals surface area contributed by atoms with Crippen LogP contribution in [0.2, 0.25) is 0 Å². The van der Waals surface area contributed by atoms with E-state index in [0.717, 1.165) is 18.7 Å². The van der Waals surface area contributed by atoms with Gasteiger partial charge in [-0.15, -0.1) is 0 Å². The van der Waals surface area contributed by atoms with Crippen molar-refractivity contribution < 1.29 is 4.79 Å². The van der Waals surface area contributed by atoms with Crippen LogP contribution in [0.25, 0.3) is 0 Å². The Morgan fingerprint density at radius 1 is 1.43 bits per heavy atom. The van der Waals surface area contributed by atoms with Crippen molar-refractivity contribution in [2.24, 2.45) is 0 Å². The topological polar surface area (TPSA) is 23.6 Å². The highest BCUT2D eigenvalue weighted by Gasteiger charge is 2.17. The standard InChI is InChI=1S/C9H16N2O.C2H6/c1-8(2)11-6-4-5-9(12)7-10(11)3;1-2/h1,4-7H2,2-3H3;1-2H3. The Balaban J connectivity index is 0.000000791. The summed E-state index contributed by atoms with van der Waals surface area (Å²) in [5.74, 6) is 0.321. The SMILES string of the molecule is C=C(C)N1CCCC(=O)CN1C.CC. The molecular formula is C11H22N2O. The molecular weight excluding hydrogens is 176 g/mol. The first kappa shape index (κ1) is 13.2. The van der Waals surface area contributed by atoms with Crippen molar-refractivity contribution in [3.63, 3.8) is 0 Å². The molecule has 1 aliphatic heterocycles. The zero-order chi connectivity index (χ0) is 11.1. The second kappa shape index (κ2) is 6.60. The summed E-state index contributed by atoms with van der Waals surface area (Å²) in [7, 11) is 1.93. The van der Waals surface area contributed by atoms with E-state index in [9.17, 15) is 4.79 Å². The molecule has 1 saturated heterocycles. The second-order valence-electron chi connectivity index (χ2n) is 3.32. The highest BCUT2D eigenvalue weighted by Crippen LogP contribution is 2.11. The largest absolute Gasteiger partial charge is 0.311 e. The summed E-state index contributed by atoms with van der Waals surface area (Å²) in [5, 5.41) is 4.00. The molecule has 1 aliphatic rings. The molecule has 82 valence electrons. The minimum atomic E-state index is 0.321. The van der Waals surface area contributed by atoms with Gasteiger partial charge in [-0.3, -0.25) is 4.79 Å². The third-order valence-electron chi connectivity index (χ3n) is 2.08. The van der Waals surface area contributed by atoms with E-state index in [4.69, 9.17) is 0 Å². The molecule has 3 heteroatoms. The molecule has 0 aromatic heterocycles. The van der Waals surface area contributed by atoms with Crippen molar-refractivity contribution in [2.75, 3.05) is 20.1 Å². The van der Waals surface area contributed by atoms with Crippen LogP contribution in [0, 0.1) is 0 Å². The van der Waals surface area contributed by atoms with Gasteiger partial charge in [-0.25, -0.2) is 5.01 Å². The Labute approximate surface area is 87.4 Å². The zero-order valence-electron chi connectivity index (χ0n) is 9.84. The lowest BCUT2D eigenvalue weighted by atomic mass is 10.2. The first-order valence-electron chi connectivity index (χ1n) is 5.27. The Hall–Kier alpha value is -0.830. The Morgan fingerprint density at radius 3 is 2.50 bits per heavy atom. The van der Waals surface area contributed by atoms with Crippen LogP contribution in [0.5, 0.6) is 0 Å². The average Bonchev–Trinajstić information content (AvgIpc) is 2.30. The van der Waals surface area contributed by atoms with Gasteiger partial charge in [0.25, 0.3) is 0 Å². The average molecular weight is 198 g/mol. The molecule has 0 radical (unpaired) electrons. The number of hydrazine groups is 1. The summed E-state index contributed by atoms with van der Waals surface area (Å²) in [6, 6.07) is 0. The zero-order valence-corrected chi connectivity index (χ0v) is 9.84. The maximum Gasteiger partial charge on any atom is 0.148 e. The van der Waals surface area contributed by atoms with Crippen molar-refractivity contribution in [2.45, 2.75) is 33.6 Å². The number of rotatable bonds is 1. The van der Waals surface area contributed by atoms with Crippen LogP contribution in [0.1, 0.15) is 33.6 Å². The van der Waals surface area contributed by atoms with Gasteiger partial charge in [0, 0.05) is 25.7 Å². The molecule has 0 spiro atoms. The fourth-order valence-corrected chi connectivity index (χ4v) is 1.50. The Kier molecular flexibility index (Phi) is 6.21. The molecule has 0 atom stereocenters. The number of hydrogen-bond acceptors (Lipinski definition) is 3. The lowest BCUT2D eigenvalue weighted by Gasteiger charge is -2.31. The molecule has 0 N–H and O–H groups in total. The lowest BCUT2D eigenvalue weighted by molar-refractivity contribution is -0.121. The fraction of sp³-hybridized carbons (Fsp3) is 0.727. The molecule has 0 unspecified atom stereocenters. The van der Waals surface area contributed by atoms with E-state index in [-0.39, 0.29) is 0 Å². The first-order chi connectivity index (χ1) is 6.61. The summed E-state index contributed by atoms with van der Waals surface area (Å²) >= 11 is 0. The molecule has 1 rings (SSSR count). The van der Waals surface area contributed by atoms with Crippen molar-refractivity contribution in [1.29, 1.82) is 0 Å². The van der Waals surface area contributed by atoms with Gasteiger partial charge in [0.2, 0.25) is 0 Å². The van der Waals surface area contributed by atoms with Crippen LogP contribution >= 0.6 is 0 Å². The number of allylic oxidation sites excluding steroid dienone is 1. The smallest absolute Gasteiger partial charge is 0.148 e. The van der Waals surface area contributed by atoms with Crippen LogP contribution in [-0.4, -0.2) is 35.9 Å². The fourth-order valence-electron chi connectivity index (χ4n) is 1.50.